The molecule has 0 N–H and O–H groups in total. The summed E-state index contributed by atoms with van der Waals surface area (Å²) < 4.78 is 5.19. The van der Waals surface area contributed by atoms with Gasteiger partial charge in [0.2, 0.25) is 17.7 Å². The summed E-state index contributed by atoms with van der Waals surface area (Å²) in [4.78, 5) is 26.1. The van der Waals surface area contributed by atoms with Crippen molar-refractivity contribution in [3.05, 3.63) is 12.3 Å². The van der Waals surface area contributed by atoms with Crippen LogP contribution in [0.1, 0.15) is 32.1 Å². The number of amides is 1. The number of hydrogen-bond acceptors (Lipinski definition) is 5. The lowest BCUT2D eigenvalue weighted by molar-refractivity contribution is -0.145. The number of likely N-dealkylation sites (tertiary alicyclic amines) is 1. The Balaban J connectivity index is 1.50. The van der Waals surface area contributed by atoms with Gasteiger partial charge in [0.1, 0.15) is 0 Å². The molecule has 23 heavy (non-hydrogen) atoms. The van der Waals surface area contributed by atoms with Gasteiger partial charge < -0.3 is 14.5 Å². The van der Waals surface area contributed by atoms with Crippen LogP contribution in [0, 0.1) is 11.3 Å². The average Bonchev–Trinajstić information content (AvgIpc) is 3.30. The fourth-order valence-electron chi connectivity index (χ4n) is 3.96. The van der Waals surface area contributed by atoms with Crippen LogP contribution in [0.5, 0.6) is 5.88 Å². The maximum atomic E-state index is 13.0. The number of nitrogens with zero attached hydrogens (tertiary/aromatic N) is 4. The molecule has 3 fully saturated rings. The van der Waals surface area contributed by atoms with Crippen molar-refractivity contribution in [1.82, 2.24) is 14.9 Å². The van der Waals surface area contributed by atoms with E-state index in [1.165, 1.54) is 12.8 Å². The first-order chi connectivity index (χ1) is 11.2. The van der Waals surface area contributed by atoms with E-state index in [9.17, 15) is 4.79 Å². The number of rotatable bonds is 4. The molecule has 0 radical (unpaired) electrons. The first kappa shape index (κ1) is 14.7. The molecule has 3 heterocycles. The third kappa shape index (κ3) is 2.75. The van der Waals surface area contributed by atoms with E-state index < -0.39 is 0 Å². The van der Waals surface area contributed by atoms with Crippen LogP contribution in [-0.2, 0) is 4.79 Å². The Hall–Kier alpha value is -1.85. The molecule has 6 nitrogen and oxygen atoms in total. The Kier molecular flexibility index (Phi) is 3.62. The number of anilines is 1. The molecule has 6 heteroatoms. The lowest BCUT2D eigenvalue weighted by Gasteiger charge is -2.39. The van der Waals surface area contributed by atoms with Crippen LogP contribution in [0.3, 0.4) is 0 Å². The molecule has 3 aliphatic rings. The van der Waals surface area contributed by atoms with Crippen LogP contribution in [0.4, 0.5) is 5.95 Å². The van der Waals surface area contributed by atoms with Crippen molar-refractivity contribution in [2.75, 3.05) is 38.2 Å². The molecular weight excluding hydrogens is 292 g/mol. The van der Waals surface area contributed by atoms with Crippen molar-refractivity contribution in [2.24, 2.45) is 11.3 Å². The molecule has 1 saturated carbocycles. The predicted molar refractivity (Wildman–Crippen MR) is 86.4 cm³/mol. The number of aromatic nitrogens is 2. The van der Waals surface area contributed by atoms with E-state index in [4.69, 9.17) is 4.74 Å². The maximum absolute atomic E-state index is 13.0. The molecule has 1 aliphatic carbocycles. The zero-order chi connectivity index (χ0) is 15.9. The summed E-state index contributed by atoms with van der Waals surface area (Å²) in [5.41, 5.74) is -0.223. The highest BCUT2D eigenvalue weighted by Gasteiger charge is 2.49. The second-order valence-electron chi connectivity index (χ2n) is 7.15. The van der Waals surface area contributed by atoms with Gasteiger partial charge in [-0.2, -0.15) is 4.98 Å². The van der Waals surface area contributed by atoms with E-state index in [0.717, 1.165) is 51.4 Å². The molecule has 1 atom stereocenters. The van der Waals surface area contributed by atoms with Crippen molar-refractivity contribution in [3.63, 3.8) is 0 Å². The molecule has 2 aliphatic heterocycles. The Morgan fingerprint density at radius 2 is 2.22 bits per heavy atom. The van der Waals surface area contributed by atoms with Gasteiger partial charge in [-0.3, -0.25) is 4.79 Å². The second-order valence-corrected chi connectivity index (χ2v) is 7.15. The van der Waals surface area contributed by atoms with Gasteiger partial charge in [0.15, 0.2) is 0 Å². The minimum Gasteiger partial charge on any atom is -0.481 e. The van der Waals surface area contributed by atoms with Crippen molar-refractivity contribution in [1.29, 1.82) is 0 Å². The molecule has 2 saturated heterocycles. The highest BCUT2D eigenvalue weighted by Crippen LogP contribution is 2.42. The number of ether oxygens (including phenoxy) is 1. The quantitative estimate of drug-likeness (QED) is 0.846. The van der Waals surface area contributed by atoms with Crippen molar-refractivity contribution >= 4 is 11.9 Å². The molecule has 1 spiro atoms. The summed E-state index contributed by atoms with van der Waals surface area (Å²) >= 11 is 0. The Labute approximate surface area is 136 Å². The minimum absolute atomic E-state index is 0.223. The van der Waals surface area contributed by atoms with Gasteiger partial charge in [0.05, 0.1) is 12.5 Å². The van der Waals surface area contributed by atoms with E-state index in [2.05, 4.69) is 19.8 Å². The van der Waals surface area contributed by atoms with Gasteiger partial charge in [-0.05, 0) is 38.0 Å². The Morgan fingerprint density at radius 1 is 1.35 bits per heavy atom. The van der Waals surface area contributed by atoms with Crippen LogP contribution < -0.4 is 9.64 Å². The van der Waals surface area contributed by atoms with Crippen LogP contribution >= 0.6 is 0 Å². The zero-order valence-corrected chi connectivity index (χ0v) is 13.7. The summed E-state index contributed by atoms with van der Waals surface area (Å²) in [6.45, 7) is 3.49. The van der Waals surface area contributed by atoms with Crippen molar-refractivity contribution in [3.8, 4) is 5.88 Å². The first-order valence-electron chi connectivity index (χ1n) is 8.62. The summed E-state index contributed by atoms with van der Waals surface area (Å²) in [6, 6.07) is 1.75. The van der Waals surface area contributed by atoms with Crippen LogP contribution in [0.15, 0.2) is 12.3 Å². The summed E-state index contributed by atoms with van der Waals surface area (Å²) in [7, 11) is 1.61. The van der Waals surface area contributed by atoms with Gasteiger partial charge in [0.25, 0.3) is 0 Å². The first-order valence-corrected chi connectivity index (χ1v) is 8.62. The van der Waals surface area contributed by atoms with E-state index in [-0.39, 0.29) is 5.41 Å². The molecule has 1 amide bonds. The van der Waals surface area contributed by atoms with Crippen LogP contribution in [0.2, 0.25) is 0 Å². The number of carbonyl (C=O) groups excluding carboxylic acids is 1. The summed E-state index contributed by atoms with van der Waals surface area (Å²) in [6.07, 6.45) is 7.32. The highest BCUT2D eigenvalue weighted by molar-refractivity contribution is 5.85. The van der Waals surface area contributed by atoms with E-state index >= 15 is 0 Å². The highest BCUT2D eigenvalue weighted by atomic mass is 16.5. The number of carbonyl (C=O) groups is 1. The van der Waals surface area contributed by atoms with Gasteiger partial charge in [-0.15, -0.1) is 0 Å². The van der Waals surface area contributed by atoms with Gasteiger partial charge in [-0.25, -0.2) is 4.98 Å². The van der Waals surface area contributed by atoms with Crippen LogP contribution in [0.25, 0.3) is 0 Å². The molecule has 1 aromatic heterocycles. The monoisotopic (exact) mass is 316 g/mol. The maximum Gasteiger partial charge on any atom is 0.230 e. The number of methoxy groups -OCH3 is 1. The van der Waals surface area contributed by atoms with Gasteiger partial charge >= 0.3 is 0 Å². The molecule has 0 aromatic carbocycles. The van der Waals surface area contributed by atoms with Crippen LogP contribution in [-0.4, -0.2) is 54.1 Å². The fourth-order valence-corrected chi connectivity index (χ4v) is 3.96. The molecular formula is C17H24N4O2. The fraction of sp³-hybridized carbons (Fsp3) is 0.706. The minimum atomic E-state index is -0.223. The predicted octanol–water partition coefficient (Wildman–Crippen LogP) is 1.71. The molecule has 1 aromatic rings. The zero-order valence-electron chi connectivity index (χ0n) is 13.7. The van der Waals surface area contributed by atoms with E-state index in [0.29, 0.717) is 17.7 Å². The third-order valence-electron chi connectivity index (χ3n) is 5.46. The van der Waals surface area contributed by atoms with Gasteiger partial charge in [-0.1, -0.05) is 0 Å². The Morgan fingerprint density at radius 3 is 3.00 bits per heavy atom. The van der Waals surface area contributed by atoms with Crippen molar-refractivity contribution in [2.45, 2.75) is 32.1 Å². The Bertz CT molecular complexity index is 604. The number of piperidine rings is 1. The summed E-state index contributed by atoms with van der Waals surface area (Å²) in [5, 5.41) is 0. The lowest BCUT2D eigenvalue weighted by Crippen LogP contribution is -2.50. The lowest BCUT2D eigenvalue weighted by atomic mass is 9.78. The topological polar surface area (TPSA) is 58.6 Å². The molecule has 0 bridgehead atoms. The van der Waals surface area contributed by atoms with Gasteiger partial charge in [0, 0.05) is 38.4 Å². The third-order valence-corrected chi connectivity index (χ3v) is 5.46. The average molecular weight is 316 g/mol. The molecule has 0 unspecified atom stereocenters. The largest absolute Gasteiger partial charge is 0.481 e. The molecule has 4 rings (SSSR count). The van der Waals surface area contributed by atoms with Crippen molar-refractivity contribution < 1.29 is 9.53 Å². The smallest absolute Gasteiger partial charge is 0.230 e. The normalized spacial score (nSPS) is 27.8. The SMILES string of the molecule is COc1ccnc(N2CC[C@@]3(CCCN(CC4CC4)C3=O)C2)n1. The second kappa shape index (κ2) is 5.65. The van der Waals surface area contributed by atoms with E-state index in [1.807, 2.05) is 0 Å². The molecule has 124 valence electrons. The standard InChI is InChI=1S/C17H24N4O2/c1-23-14-5-8-18-16(19-14)21-10-7-17(12-21)6-2-9-20(15(17)22)11-13-3-4-13/h5,8,13H,2-4,6-7,9-12H2,1H3/t17-/m0/s1. The number of hydrogen-bond donors (Lipinski definition) is 0. The van der Waals surface area contributed by atoms with E-state index in [1.54, 1.807) is 19.4 Å². The summed E-state index contributed by atoms with van der Waals surface area (Å²) in [5.74, 6) is 2.36.